The molecule has 0 aromatic heterocycles. The predicted molar refractivity (Wildman–Crippen MR) is 61.6 cm³/mol. The van der Waals surface area contributed by atoms with Gasteiger partial charge in [0.1, 0.15) is 0 Å². The third kappa shape index (κ3) is 1.63. The van der Waals surface area contributed by atoms with Gasteiger partial charge >= 0.3 is 0 Å². The third-order valence-corrected chi connectivity index (χ3v) is 5.21. The van der Waals surface area contributed by atoms with Gasteiger partial charge in [-0.3, -0.25) is 0 Å². The van der Waals surface area contributed by atoms with Crippen LogP contribution >= 0.6 is 0 Å². The SMILES string of the molecule is CC(C)OCC1CC2CC1C1CCCC21. The van der Waals surface area contributed by atoms with Crippen molar-refractivity contribution in [2.75, 3.05) is 6.61 Å². The monoisotopic (exact) mass is 208 g/mol. The molecule has 5 atom stereocenters. The lowest BCUT2D eigenvalue weighted by Gasteiger charge is -2.31. The van der Waals surface area contributed by atoms with Crippen molar-refractivity contribution >= 4 is 0 Å². The molecule has 0 saturated heterocycles. The number of fused-ring (bicyclic) bond motifs is 5. The predicted octanol–water partition coefficient (Wildman–Crippen LogP) is 3.48. The van der Waals surface area contributed by atoms with E-state index in [-0.39, 0.29) is 0 Å². The van der Waals surface area contributed by atoms with Crippen molar-refractivity contribution in [1.82, 2.24) is 0 Å². The number of hydrogen-bond acceptors (Lipinski definition) is 1. The maximum absolute atomic E-state index is 5.83. The Morgan fingerprint density at radius 3 is 2.67 bits per heavy atom. The van der Waals surface area contributed by atoms with E-state index in [0.717, 1.165) is 36.2 Å². The molecule has 0 N–H and O–H groups in total. The number of hydrogen-bond donors (Lipinski definition) is 0. The summed E-state index contributed by atoms with van der Waals surface area (Å²) in [5.41, 5.74) is 0. The maximum atomic E-state index is 5.83. The topological polar surface area (TPSA) is 9.23 Å². The van der Waals surface area contributed by atoms with Crippen LogP contribution in [0.25, 0.3) is 0 Å². The van der Waals surface area contributed by atoms with Gasteiger partial charge in [0, 0.05) is 0 Å². The van der Waals surface area contributed by atoms with Crippen LogP contribution in [-0.2, 0) is 4.74 Å². The van der Waals surface area contributed by atoms with Gasteiger partial charge in [-0.2, -0.15) is 0 Å². The highest BCUT2D eigenvalue weighted by molar-refractivity contribution is 5.02. The molecule has 0 amide bonds. The van der Waals surface area contributed by atoms with Crippen LogP contribution in [0.2, 0.25) is 0 Å². The molecular formula is C14H24O. The summed E-state index contributed by atoms with van der Waals surface area (Å²) in [6.45, 7) is 5.36. The van der Waals surface area contributed by atoms with Crippen LogP contribution in [0.3, 0.4) is 0 Å². The highest BCUT2D eigenvalue weighted by Crippen LogP contribution is 2.60. The van der Waals surface area contributed by atoms with Crippen LogP contribution in [0, 0.1) is 29.6 Å². The molecule has 3 saturated carbocycles. The molecule has 5 unspecified atom stereocenters. The molecule has 3 aliphatic rings. The zero-order chi connectivity index (χ0) is 10.4. The first-order valence-electron chi connectivity index (χ1n) is 6.87. The van der Waals surface area contributed by atoms with Gasteiger partial charge in [0.15, 0.2) is 0 Å². The van der Waals surface area contributed by atoms with Crippen molar-refractivity contribution in [2.45, 2.75) is 52.1 Å². The molecule has 1 nitrogen and oxygen atoms in total. The molecule has 0 heterocycles. The van der Waals surface area contributed by atoms with Crippen LogP contribution in [0.5, 0.6) is 0 Å². The summed E-state index contributed by atoms with van der Waals surface area (Å²) in [7, 11) is 0. The second-order valence-electron chi connectivity index (χ2n) is 6.30. The zero-order valence-electron chi connectivity index (χ0n) is 10.1. The fourth-order valence-electron chi connectivity index (χ4n) is 4.72. The molecule has 3 rings (SSSR count). The Bertz CT molecular complexity index is 235. The summed E-state index contributed by atoms with van der Waals surface area (Å²) < 4.78 is 5.83. The van der Waals surface area contributed by atoms with E-state index in [4.69, 9.17) is 4.74 Å². The van der Waals surface area contributed by atoms with E-state index in [2.05, 4.69) is 13.8 Å². The standard InChI is InChI=1S/C14H24O/c1-9(2)15-8-11-6-10-7-14(11)13-5-3-4-12(10)13/h9-14H,3-8H2,1-2H3. The molecule has 3 fully saturated rings. The minimum absolute atomic E-state index is 0.420. The lowest BCUT2D eigenvalue weighted by Crippen LogP contribution is -2.28. The van der Waals surface area contributed by atoms with Crippen LogP contribution < -0.4 is 0 Å². The van der Waals surface area contributed by atoms with Crippen LogP contribution in [0.4, 0.5) is 0 Å². The minimum atomic E-state index is 0.420. The van der Waals surface area contributed by atoms with E-state index >= 15 is 0 Å². The van der Waals surface area contributed by atoms with Crippen molar-refractivity contribution in [3.8, 4) is 0 Å². The largest absolute Gasteiger partial charge is 0.378 e. The van der Waals surface area contributed by atoms with Gasteiger partial charge in [-0.15, -0.1) is 0 Å². The second kappa shape index (κ2) is 3.76. The molecule has 2 bridgehead atoms. The zero-order valence-corrected chi connectivity index (χ0v) is 10.1. The average Bonchev–Trinajstić information content (AvgIpc) is 2.86. The highest BCUT2D eigenvalue weighted by Gasteiger charge is 2.53. The van der Waals surface area contributed by atoms with Gasteiger partial charge in [-0.1, -0.05) is 6.42 Å². The van der Waals surface area contributed by atoms with Crippen LogP contribution in [-0.4, -0.2) is 12.7 Å². The van der Waals surface area contributed by atoms with Gasteiger partial charge in [0.2, 0.25) is 0 Å². The van der Waals surface area contributed by atoms with E-state index in [1.54, 1.807) is 12.8 Å². The minimum Gasteiger partial charge on any atom is -0.378 e. The van der Waals surface area contributed by atoms with E-state index < -0.39 is 0 Å². The van der Waals surface area contributed by atoms with Crippen LogP contribution in [0.15, 0.2) is 0 Å². The average molecular weight is 208 g/mol. The fourth-order valence-corrected chi connectivity index (χ4v) is 4.72. The Balaban J connectivity index is 1.61. The summed E-state index contributed by atoms with van der Waals surface area (Å²) in [6.07, 6.45) is 8.04. The molecule has 0 spiro atoms. The fraction of sp³-hybridized carbons (Fsp3) is 1.00. The normalized spacial score (nSPS) is 47.8. The van der Waals surface area contributed by atoms with Crippen LogP contribution in [0.1, 0.15) is 46.0 Å². The molecule has 15 heavy (non-hydrogen) atoms. The van der Waals surface area contributed by atoms with E-state index in [0.29, 0.717) is 6.10 Å². The Morgan fingerprint density at radius 2 is 1.87 bits per heavy atom. The van der Waals surface area contributed by atoms with Crippen molar-refractivity contribution in [3.63, 3.8) is 0 Å². The first kappa shape index (κ1) is 10.1. The quantitative estimate of drug-likeness (QED) is 0.690. The van der Waals surface area contributed by atoms with Crippen molar-refractivity contribution in [2.24, 2.45) is 29.6 Å². The molecule has 3 aliphatic carbocycles. The highest BCUT2D eigenvalue weighted by atomic mass is 16.5. The molecule has 1 heteroatoms. The lowest BCUT2D eigenvalue weighted by atomic mass is 9.76. The Morgan fingerprint density at radius 1 is 1.07 bits per heavy atom. The molecule has 86 valence electrons. The summed E-state index contributed by atoms with van der Waals surface area (Å²) in [5, 5.41) is 0. The summed E-state index contributed by atoms with van der Waals surface area (Å²) in [4.78, 5) is 0. The Labute approximate surface area is 93.6 Å². The molecular weight excluding hydrogens is 184 g/mol. The molecule has 0 aromatic rings. The number of rotatable bonds is 3. The van der Waals surface area contributed by atoms with Gasteiger partial charge in [0.05, 0.1) is 12.7 Å². The lowest BCUT2D eigenvalue weighted by molar-refractivity contribution is 0.0215. The Hall–Kier alpha value is -0.0400. The van der Waals surface area contributed by atoms with Crippen molar-refractivity contribution in [3.05, 3.63) is 0 Å². The maximum Gasteiger partial charge on any atom is 0.0519 e. The van der Waals surface area contributed by atoms with E-state index in [1.165, 1.54) is 19.3 Å². The number of ether oxygens (including phenoxy) is 1. The van der Waals surface area contributed by atoms with Gasteiger partial charge in [-0.05, 0) is 69.1 Å². The van der Waals surface area contributed by atoms with Gasteiger partial charge < -0.3 is 4.74 Å². The smallest absolute Gasteiger partial charge is 0.0519 e. The Kier molecular flexibility index (Phi) is 2.54. The molecule has 0 radical (unpaired) electrons. The first-order valence-corrected chi connectivity index (χ1v) is 6.87. The molecule has 0 aromatic carbocycles. The summed E-state index contributed by atoms with van der Waals surface area (Å²) >= 11 is 0. The first-order chi connectivity index (χ1) is 7.25. The van der Waals surface area contributed by atoms with E-state index in [9.17, 15) is 0 Å². The summed E-state index contributed by atoms with van der Waals surface area (Å²) in [5.74, 6) is 5.27. The van der Waals surface area contributed by atoms with Gasteiger partial charge in [0.25, 0.3) is 0 Å². The summed E-state index contributed by atoms with van der Waals surface area (Å²) in [6, 6.07) is 0. The second-order valence-corrected chi connectivity index (χ2v) is 6.30. The van der Waals surface area contributed by atoms with E-state index in [1.807, 2.05) is 0 Å². The van der Waals surface area contributed by atoms with Crippen molar-refractivity contribution < 1.29 is 4.74 Å². The van der Waals surface area contributed by atoms with Gasteiger partial charge in [-0.25, -0.2) is 0 Å². The van der Waals surface area contributed by atoms with Crippen molar-refractivity contribution in [1.29, 1.82) is 0 Å². The third-order valence-electron chi connectivity index (χ3n) is 5.21. The molecule has 0 aliphatic heterocycles.